The summed E-state index contributed by atoms with van der Waals surface area (Å²) >= 11 is 1.44. The first kappa shape index (κ1) is 16.1. The van der Waals surface area contributed by atoms with Gasteiger partial charge in [0, 0.05) is 12.3 Å². The Labute approximate surface area is 125 Å². The highest BCUT2D eigenvalue weighted by Gasteiger charge is 2.31. The number of amides is 1. The van der Waals surface area contributed by atoms with Crippen LogP contribution in [0.2, 0.25) is 0 Å². The Bertz CT molecular complexity index is 451. The fourth-order valence-electron chi connectivity index (χ4n) is 2.91. The smallest absolute Gasteiger partial charge is 0.232 e. The van der Waals surface area contributed by atoms with Gasteiger partial charge >= 0.3 is 0 Å². The standard InChI is InChI=1S/C13H23NO4S2/c1-14(11-4-2-3-5-12(11)15)13(16)8-19-10-6-7-20(17,18)9-10/h10-12,15H,2-9H2,1H3. The maximum absolute atomic E-state index is 12.2. The van der Waals surface area contributed by atoms with Gasteiger partial charge in [-0.1, -0.05) is 12.8 Å². The first-order valence-corrected chi connectivity index (χ1v) is 10.0. The number of aliphatic hydroxyl groups is 1. The van der Waals surface area contributed by atoms with Gasteiger partial charge in [0.2, 0.25) is 5.91 Å². The third kappa shape index (κ3) is 4.11. The van der Waals surface area contributed by atoms with Gasteiger partial charge in [0.25, 0.3) is 0 Å². The van der Waals surface area contributed by atoms with E-state index in [2.05, 4.69) is 0 Å². The fourth-order valence-corrected chi connectivity index (χ4v) is 6.48. The van der Waals surface area contributed by atoms with E-state index in [-0.39, 0.29) is 28.7 Å². The molecular formula is C13H23NO4S2. The van der Waals surface area contributed by atoms with Crippen LogP contribution in [0.5, 0.6) is 0 Å². The van der Waals surface area contributed by atoms with E-state index >= 15 is 0 Å². The van der Waals surface area contributed by atoms with E-state index in [1.807, 2.05) is 0 Å². The molecule has 3 atom stereocenters. The Hall–Kier alpha value is -0.270. The van der Waals surface area contributed by atoms with Gasteiger partial charge < -0.3 is 10.0 Å². The van der Waals surface area contributed by atoms with Crippen molar-refractivity contribution in [3.05, 3.63) is 0 Å². The molecule has 1 heterocycles. The summed E-state index contributed by atoms with van der Waals surface area (Å²) in [6.07, 6.45) is 3.91. The lowest BCUT2D eigenvalue weighted by Crippen LogP contribution is -2.47. The summed E-state index contributed by atoms with van der Waals surface area (Å²) in [6, 6.07) is -0.0795. The van der Waals surface area contributed by atoms with Crippen LogP contribution in [-0.4, -0.2) is 66.0 Å². The van der Waals surface area contributed by atoms with E-state index in [9.17, 15) is 18.3 Å². The molecule has 0 radical (unpaired) electrons. The Morgan fingerprint density at radius 3 is 2.60 bits per heavy atom. The molecule has 116 valence electrons. The number of likely N-dealkylation sites (N-methyl/N-ethyl adjacent to an activating group) is 1. The SMILES string of the molecule is CN(C(=O)CSC1CCS(=O)(=O)C1)C1CCCCC1O. The van der Waals surface area contributed by atoms with Gasteiger partial charge in [-0.15, -0.1) is 11.8 Å². The maximum atomic E-state index is 12.2. The zero-order valence-electron chi connectivity index (χ0n) is 11.8. The van der Waals surface area contributed by atoms with Gasteiger partial charge in [0.15, 0.2) is 9.84 Å². The second-order valence-corrected chi connectivity index (χ2v) is 9.28. The Kier molecular flexibility index (Phi) is 5.36. The summed E-state index contributed by atoms with van der Waals surface area (Å²) in [5, 5.41) is 10.0. The normalized spacial score (nSPS) is 33.0. The second-order valence-electron chi connectivity index (χ2n) is 5.76. The minimum atomic E-state index is -2.88. The van der Waals surface area contributed by atoms with Crippen LogP contribution in [0.3, 0.4) is 0 Å². The molecule has 1 N–H and O–H groups in total. The Morgan fingerprint density at radius 2 is 2.00 bits per heavy atom. The van der Waals surface area contributed by atoms with Gasteiger partial charge in [-0.05, 0) is 19.3 Å². The van der Waals surface area contributed by atoms with Gasteiger partial charge in [0.05, 0.1) is 29.4 Å². The average molecular weight is 321 g/mol. The van der Waals surface area contributed by atoms with Crippen LogP contribution in [-0.2, 0) is 14.6 Å². The molecule has 2 fully saturated rings. The maximum Gasteiger partial charge on any atom is 0.232 e. The number of rotatable bonds is 4. The molecule has 0 bridgehead atoms. The molecule has 7 heteroatoms. The van der Waals surface area contributed by atoms with Crippen molar-refractivity contribution in [2.75, 3.05) is 24.3 Å². The summed E-state index contributed by atoms with van der Waals surface area (Å²) in [7, 11) is -1.14. The second kappa shape index (κ2) is 6.66. The number of nitrogens with zero attached hydrogens (tertiary/aromatic N) is 1. The summed E-state index contributed by atoms with van der Waals surface area (Å²) in [5.74, 6) is 0.738. The van der Waals surface area contributed by atoms with E-state index < -0.39 is 15.9 Å². The molecule has 2 rings (SSSR count). The van der Waals surface area contributed by atoms with Crippen molar-refractivity contribution < 1.29 is 18.3 Å². The highest BCUT2D eigenvalue weighted by Crippen LogP contribution is 2.26. The fraction of sp³-hybridized carbons (Fsp3) is 0.923. The molecule has 2 aliphatic rings. The van der Waals surface area contributed by atoms with E-state index in [1.165, 1.54) is 11.8 Å². The molecule has 1 saturated heterocycles. The van der Waals surface area contributed by atoms with Crippen LogP contribution in [0.25, 0.3) is 0 Å². The minimum absolute atomic E-state index is 0.00903. The molecule has 1 aliphatic heterocycles. The van der Waals surface area contributed by atoms with Crippen molar-refractivity contribution in [2.45, 2.75) is 49.5 Å². The predicted molar refractivity (Wildman–Crippen MR) is 80.5 cm³/mol. The lowest BCUT2D eigenvalue weighted by molar-refractivity contribution is -0.132. The summed E-state index contributed by atoms with van der Waals surface area (Å²) in [6.45, 7) is 0. The highest BCUT2D eigenvalue weighted by atomic mass is 32.2. The van der Waals surface area contributed by atoms with Crippen LogP contribution < -0.4 is 0 Å². The van der Waals surface area contributed by atoms with E-state index in [0.717, 1.165) is 25.7 Å². The van der Waals surface area contributed by atoms with E-state index in [1.54, 1.807) is 11.9 Å². The lowest BCUT2D eigenvalue weighted by Gasteiger charge is -2.35. The van der Waals surface area contributed by atoms with E-state index in [0.29, 0.717) is 12.2 Å². The third-order valence-corrected chi connectivity index (χ3v) is 7.48. The lowest BCUT2D eigenvalue weighted by atomic mass is 9.91. The number of thioether (sulfide) groups is 1. The first-order chi connectivity index (χ1) is 9.39. The van der Waals surface area contributed by atoms with E-state index in [4.69, 9.17) is 0 Å². The van der Waals surface area contributed by atoms with Crippen molar-refractivity contribution >= 4 is 27.5 Å². The van der Waals surface area contributed by atoms with Gasteiger partial charge in [-0.25, -0.2) is 8.42 Å². The van der Waals surface area contributed by atoms with Crippen molar-refractivity contribution in [1.82, 2.24) is 4.90 Å². The van der Waals surface area contributed by atoms with Crippen molar-refractivity contribution in [2.24, 2.45) is 0 Å². The molecule has 1 aliphatic carbocycles. The van der Waals surface area contributed by atoms with Crippen LogP contribution in [0.15, 0.2) is 0 Å². The highest BCUT2D eigenvalue weighted by molar-refractivity contribution is 8.02. The molecule has 0 aromatic heterocycles. The third-order valence-electron chi connectivity index (χ3n) is 4.22. The van der Waals surface area contributed by atoms with Gasteiger partial charge in [-0.3, -0.25) is 4.79 Å². The monoisotopic (exact) mass is 321 g/mol. The molecule has 0 aromatic carbocycles. The van der Waals surface area contributed by atoms with Crippen LogP contribution in [0.4, 0.5) is 0 Å². The molecule has 20 heavy (non-hydrogen) atoms. The molecule has 0 spiro atoms. The zero-order chi connectivity index (χ0) is 14.8. The number of carbonyl (C=O) groups is 1. The van der Waals surface area contributed by atoms with Gasteiger partial charge in [-0.2, -0.15) is 0 Å². The summed E-state index contributed by atoms with van der Waals surface area (Å²) < 4.78 is 22.7. The molecule has 1 saturated carbocycles. The quantitative estimate of drug-likeness (QED) is 0.824. The van der Waals surface area contributed by atoms with Crippen LogP contribution in [0, 0.1) is 0 Å². The number of sulfone groups is 1. The Balaban J connectivity index is 1.79. The number of aliphatic hydroxyl groups excluding tert-OH is 1. The predicted octanol–water partition coefficient (Wildman–Crippen LogP) is 0.669. The summed E-state index contributed by atoms with van der Waals surface area (Å²) in [4.78, 5) is 13.8. The molecule has 5 nitrogen and oxygen atoms in total. The minimum Gasteiger partial charge on any atom is -0.391 e. The molecule has 0 aromatic rings. The van der Waals surface area contributed by atoms with Crippen molar-refractivity contribution in [3.8, 4) is 0 Å². The van der Waals surface area contributed by atoms with Gasteiger partial charge in [0.1, 0.15) is 0 Å². The topological polar surface area (TPSA) is 74.7 Å². The molecule has 1 amide bonds. The first-order valence-electron chi connectivity index (χ1n) is 7.15. The number of hydrogen-bond donors (Lipinski definition) is 1. The average Bonchev–Trinajstić information content (AvgIpc) is 2.75. The Morgan fingerprint density at radius 1 is 1.30 bits per heavy atom. The van der Waals surface area contributed by atoms with Crippen LogP contribution >= 0.6 is 11.8 Å². The number of hydrogen-bond acceptors (Lipinski definition) is 5. The molecule has 3 unspecified atom stereocenters. The number of carbonyl (C=O) groups excluding carboxylic acids is 1. The van der Waals surface area contributed by atoms with Crippen molar-refractivity contribution in [3.63, 3.8) is 0 Å². The van der Waals surface area contributed by atoms with Crippen LogP contribution in [0.1, 0.15) is 32.1 Å². The van der Waals surface area contributed by atoms with Crippen molar-refractivity contribution in [1.29, 1.82) is 0 Å². The largest absolute Gasteiger partial charge is 0.391 e. The molecular weight excluding hydrogens is 298 g/mol. The zero-order valence-corrected chi connectivity index (χ0v) is 13.5. The summed E-state index contributed by atoms with van der Waals surface area (Å²) in [5.41, 5.74) is 0.